The molecule has 0 radical (unpaired) electrons. The van der Waals surface area contributed by atoms with Gasteiger partial charge >= 0.3 is 0 Å². The van der Waals surface area contributed by atoms with E-state index in [1.165, 1.54) is 11.1 Å². The molecule has 0 spiro atoms. The van der Waals surface area contributed by atoms with E-state index in [-0.39, 0.29) is 43.1 Å². The van der Waals surface area contributed by atoms with Gasteiger partial charge in [0, 0.05) is 51.0 Å². The second-order valence-electron chi connectivity index (χ2n) is 17.5. The first-order valence-electron chi connectivity index (χ1n) is 17.7. The number of para-hydroxylation sites is 1. The molecule has 0 bridgehead atoms. The Bertz CT molecular complexity index is 2210. The van der Waals surface area contributed by atoms with E-state index in [0.717, 1.165) is 61.5 Å². The molecule has 0 aliphatic rings. The van der Waals surface area contributed by atoms with Crippen LogP contribution in [0.4, 0.5) is 0 Å². The molecular formula is C46H52N3OPt-. The smallest absolute Gasteiger partial charge is 0.143 e. The number of nitrogens with zero attached hydrogens (tertiary/aromatic N) is 3. The minimum absolute atomic E-state index is 0. The molecule has 4 aromatic carbocycles. The van der Waals surface area contributed by atoms with E-state index >= 15 is 0 Å². The van der Waals surface area contributed by atoms with Gasteiger partial charge in [0.25, 0.3) is 0 Å². The number of rotatable bonds is 5. The Morgan fingerprint density at radius 1 is 0.608 bits per heavy atom. The third kappa shape index (κ3) is 7.36. The SMILES string of the molecule is Cn1c(-c2cc(C(C)(C)C)cc(C(C)(C)c3ccccc3)c2O)nc2c(-c3[c-]c(-c4cc(C(C)(C)C)ccn4)cc(C(C)(C)C)c3)cccc21.[Pt]. The molecule has 0 fully saturated rings. The van der Waals surface area contributed by atoms with Crippen LogP contribution in [0.5, 0.6) is 5.75 Å². The van der Waals surface area contributed by atoms with Gasteiger partial charge in [0.2, 0.25) is 0 Å². The van der Waals surface area contributed by atoms with Crippen LogP contribution in [0, 0.1) is 6.07 Å². The average Bonchev–Trinajstić information content (AvgIpc) is 3.39. The maximum Gasteiger partial charge on any atom is 0.143 e. The molecule has 0 amide bonds. The predicted octanol–water partition coefficient (Wildman–Crippen LogP) is 11.7. The summed E-state index contributed by atoms with van der Waals surface area (Å²) in [6.07, 6.45) is 1.91. The summed E-state index contributed by atoms with van der Waals surface area (Å²) in [6.45, 7) is 24.4. The van der Waals surface area contributed by atoms with Crippen LogP contribution in [0.25, 0.3) is 44.8 Å². The van der Waals surface area contributed by atoms with Gasteiger partial charge in [0.1, 0.15) is 11.6 Å². The van der Waals surface area contributed by atoms with E-state index in [0.29, 0.717) is 0 Å². The van der Waals surface area contributed by atoms with Crippen LogP contribution in [0.1, 0.15) is 104 Å². The number of phenols is 1. The third-order valence-electron chi connectivity index (χ3n) is 10.2. The van der Waals surface area contributed by atoms with Crippen molar-refractivity contribution in [3.8, 4) is 39.5 Å². The van der Waals surface area contributed by atoms with Crippen LogP contribution >= 0.6 is 0 Å². The zero-order valence-corrected chi connectivity index (χ0v) is 34.5. The molecule has 6 aromatic rings. The van der Waals surface area contributed by atoms with Crippen molar-refractivity contribution in [2.24, 2.45) is 7.05 Å². The topological polar surface area (TPSA) is 50.9 Å². The molecule has 0 aliphatic carbocycles. The number of fused-ring (bicyclic) bond motifs is 1. The molecule has 6 rings (SSSR count). The molecule has 0 unspecified atom stereocenters. The van der Waals surface area contributed by atoms with Gasteiger partial charge in [-0.1, -0.05) is 142 Å². The van der Waals surface area contributed by atoms with Crippen LogP contribution in [0.15, 0.2) is 91.1 Å². The summed E-state index contributed by atoms with van der Waals surface area (Å²) in [7, 11) is 2.04. The zero-order chi connectivity index (χ0) is 36.4. The number of benzene rings is 4. The van der Waals surface area contributed by atoms with Crippen molar-refractivity contribution < 1.29 is 26.2 Å². The third-order valence-corrected chi connectivity index (χ3v) is 10.2. The minimum Gasteiger partial charge on any atom is -0.507 e. The van der Waals surface area contributed by atoms with Gasteiger partial charge in [-0.2, -0.15) is 0 Å². The molecular weight excluding hydrogens is 806 g/mol. The summed E-state index contributed by atoms with van der Waals surface area (Å²) >= 11 is 0. The quantitative estimate of drug-likeness (QED) is 0.176. The summed E-state index contributed by atoms with van der Waals surface area (Å²) in [6, 6.07) is 33.6. The van der Waals surface area contributed by atoms with E-state index in [2.05, 4.69) is 166 Å². The number of phenolic OH excluding ortho intramolecular Hbond substituents is 1. The van der Waals surface area contributed by atoms with E-state index in [1.807, 2.05) is 19.3 Å². The van der Waals surface area contributed by atoms with Crippen LogP contribution < -0.4 is 0 Å². The van der Waals surface area contributed by atoms with Gasteiger partial charge < -0.3 is 9.67 Å². The van der Waals surface area contributed by atoms with Crippen molar-refractivity contribution in [2.45, 2.75) is 97.8 Å². The maximum absolute atomic E-state index is 12.2. The molecule has 268 valence electrons. The van der Waals surface area contributed by atoms with Crippen molar-refractivity contribution in [2.75, 3.05) is 0 Å². The molecule has 1 N–H and O–H groups in total. The number of hydrogen-bond acceptors (Lipinski definition) is 3. The molecule has 0 atom stereocenters. The largest absolute Gasteiger partial charge is 0.507 e. The first kappa shape index (κ1) is 38.2. The van der Waals surface area contributed by atoms with Crippen molar-refractivity contribution >= 4 is 11.0 Å². The van der Waals surface area contributed by atoms with Crippen LogP contribution in [0.3, 0.4) is 0 Å². The summed E-state index contributed by atoms with van der Waals surface area (Å²) in [5.74, 6) is 0.994. The molecule has 0 aliphatic heterocycles. The second-order valence-corrected chi connectivity index (χ2v) is 17.5. The first-order valence-corrected chi connectivity index (χ1v) is 17.7. The summed E-state index contributed by atoms with van der Waals surface area (Å²) in [5, 5.41) is 12.2. The molecule has 5 heteroatoms. The Morgan fingerprint density at radius 3 is 1.84 bits per heavy atom. The van der Waals surface area contributed by atoms with E-state index in [9.17, 15) is 5.11 Å². The van der Waals surface area contributed by atoms with Crippen LogP contribution in [-0.2, 0) is 49.8 Å². The summed E-state index contributed by atoms with van der Waals surface area (Å²) in [5.41, 5.74) is 11.4. The number of hydrogen-bond donors (Lipinski definition) is 1. The molecule has 0 saturated carbocycles. The molecule has 2 heterocycles. The second kappa shape index (κ2) is 13.5. The normalized spacial score (nSPS) is 12.6. The van der Waals surface area contributed by atoms with Gasteiger partial charge in [-0.15, -0.1) is 29.3 Å². The number of aryl methyl sites for hydroxylation is 1. The number of pyridine rings is 1. The van der Waals surface area contributed by atoms with Gasteiger partial charge in [-0.25, -0.2) is 4.98 Å². The van der Waals surface area contributed by atoms with Crippen LogP contribution in [0.2, 0.25) is 0 Å². The van der Waals surface area contributed by atoms with E-state index in [1.54, 1.807) is 0 Å². The fourth-order valence-electron chi connectivity index (χ4n) is 6.73. The van der Waals surface area contributed by atoms with Gasteiger partial charge in [-0.3, -0.25) is 4.98 Å². The van der Waals surface area contributed by atoms with Gasteiger partial charge in [0.05, 0.1) is 16.6 Å². The summed E-state index contributed by atoms with van der Waals surface area (Å²) < 4.78 is 2.11. The zero-order valence-electron chi connectivity index (χ0n) is 32.3. The standard InChI is InChI=1S/C46H52N3O.Pt/c1-43(2,3)32-21-22-47-38(28-32)30-23-29(24-33(25-30)44(4,5)6)35-19-16-20-39-40(35)48-42(49(39)12)36-26-34(45(7,8)9)27-37(41(36)50)46(10,11)31-17-14-13-15-18-31;/h13-22,24-28,50H,1-12H3;/q-1;. The minimum atomic E-state index is -0.436. The van der Waals surface area contributed by atoms with E-state index in [4.69, 9.17) is 9.97 Å². The average molecular weight is 858 g/mol. The van der Waals surface area contributed by atoms with Crippen molar-refractivity contribution in [3.05, 3.63) is 125 Å². The monoisotopic (exact) mass is 857 g/mol. The van der Waals surface area contributed by atoms with Crippen LogP contribution in [-0.4, -0.2) is 19.6 Å². The Kier molecular flexibility index (Phi) is 10.1. The van der Waals surface area contributed by atoms with Crippen molar-refractivity contribution in [1.29, 1.82) is 0 Å². The van der Waals surface area contributed by atoms with Gasteiger partial charge in [0.15, 0.2) is 0 Å². The Balaban J connectivity index is 0.00000504. The maximum atomic E-state index is 12.2. The number of aromatic nitrogens is 3. The molecule has 2 aromatic heterocycles. The fraction of sp³-hybridized carbons (Fsp3) is 0.348. The Hall–Kier alpha value is -4.01. The molecule has 0 saturated heterocycles. The number of aromatic hydroxyl groups is 1. The van der Waals surface area contributed by atoms with Gasteiger partial charge in [-0.05, 0) is 51.1 Å². The Morgan fingerprint density at radius 2 is 1.22 bits per heavy atom. The first-order chi connectivity index (χ1) is 23.3. The Labute approximate surface area is 319 Å². The van der Waals surface area contributed by atoms with Crippen molar-refractivity contribution in [3.63, 3.8) is 0 Å². The fourth-order valence-corrected chi connectivity index (χ4v) is 6.73. The molecule has 51 heavy (non-hydrogen) atoms. The van der Waals surface area contributed by atoms with E-state index < -0.39 is 5.41 Å². The predicted molar refractivity (Wildman–Crippen MR) is 210 cm³/mol. The molecule has 4 nitrogen and oxygen atoms in total. The number of imidazole rings is 1. The summed E-state index contributed by atoms with van der Waals surface area (Å²) in [4.78, 5) is 10.2. The van der Waals surface area contributed by atoms with Crippen molar-refractivity contribution in [1.82, 2.24) is 14.5 Å².